The lowest BCUT2D eigenvalue weighted by molar-refractivity contribution is -0.132. The normalized spacial score (nSPS) is 17.6. The van der Waals surface area contributed by atoms with E-state index in [2.05, 4.69) is 0 Å². The molecule has 32 heavy (non-hydrogen) atoms. The summed E-state index contributed by atoms with van der Waals surface area (Å²) in [4.78, 5) is 27.5. The SMILES string of the molecule is COc1c(Cl)cc(/C(O)=C2\C(=O)C(=O)N(c3ccccc3)C2c2ccc(Cl)cc2)cc1Cl. The number of methoxy groups -OCH3 is 1. The van der Waals surface area contributed by atoms with Crippen LogP contribution >= 0.6 is 34.8 Å². The van der Waals surface area contributed by atoms with Gasteiger partial charge in [-0.2, -0.15) is 0 Å². The molecular weight excluding hydrogens is 473 g/mol. The largest absolute Gasteiger partial charge is 0.507 e. The molecule has 3 aromatic carbocycles. The molecule has 1 aliphatic rings. The summed E-state index contributed by atoms with van der Waals surface area (Å²) in [6.07, 6.45) is 0. The van der Waals surface area contributed by atoms with Crippen LogP contribution in [0.4, 0.5) is 5.69 Å². The number of hydrogen-bond donors (Lipinski definition) is 1. The minimum absolute atomic E-state index is 0.0847. The lowest BCUT2D eigenvalue weighted by Crippen LogP contribution is -2.29. The zero-order chi connectivity index (χ0) is 23.0. The van der Waals surface area contributed by atoms with Crippen LogP contribution in [0, 0.1) is 0 Å². The number of halogens is 3. The lowest BCUT2D eigenvalue weighted by atomic mass is 9.95. The number of carbonyl (C=O) groups excluding carboxylic acids is 2. The number of anilines is 1. The number of hydrogen-bond acceptors (Lipinski definition) is 4. The summed E-state index contributed by atoms with van der Waals surface area (Å²) in [6, 6.07) is 17.5. The molecule has 1 N–H and O–H groups in total. The Hall–Kier alpha value is -2.99. The molecule has 0 aromatic heterocycles. The molecule has 0 spiro atoms. The fourth-order valence-corrected chi connectivity index (χ4v) is 4.46. The zero-order valence-electron chi connectivity index (χ0n) is 16.7. The minimum atomic E-state index is -0.880. The Morgan fingerprint density at radius 1 is 0.938 bits per heavy atom. The van der Waals surface area contributed by atoms with E-state index in [-0.39, 0.29) is 26.9 Å². The van der Waals surface area contributed by atoms with Crippen molar-refractivity contribution in [3.8, 4) is 5.75 Å². The highest BCUT2D eigenvalue weighted by molar-refractivity contribution is 6.51. The molecule has 5 nitrogen and oxygen atoms in total. The standard InChI is InChI=1S/C24H16Cl3NO4/c1-32-23-17(26)11-14(12-18(23)27)21(29)19-20(13-7-9-15(25)10-8-13)28(24(31)22(19)30)16-5-3-2-4-6-16/h2-12,20,29H,1H3/b21-19+. The summed E-state index contributed by atoms with van der Waals surface area (Å²) >= 11 is 18.5. The molecule has 1 saturated heterocycles. The maximum atomic E-state index is 13.1. The molecule has 1 atom stereocenters. The molecule has 4 rings (SSSR count). The molecule has 8 heteroatoms. The number of aliphatic hydroxyl groups is 1. The average Bonchev–Trinajstić information content (AvgIpc) is 3.04. The maximum Gasteiger partial charge on any atom is 0.300 e. The van der Waals surface area contributed by atoms with Gasteiger partial charge in [-0.15, -0.1) is 0 Å². The van der Waals surface area contributed by atoms with Gasteiger partial charge in [0.1, 0.15) is 5.76 Å². The molecule has 1 fully saturated rings. The van der Waals surface area contributed by atoms with Crippen molar-refractivity contribution in [2.45, 2.75) is 6.04 Å². The number of amides is 1. The van der Waals surface area contributed by atoms with Crippen LogP contribution in [0.3, 0.4) is 0 Å². The summed E-state index contributed by atoms with van der Waals surface area (Å²) in [7, 11) is 1.42. The van der Waals surface area contributed by atoms with Gasteiger partial charge in [0.15, 0.2) is 5.75 Å². The molecule has 0 radical (unpaired) electrons. The summed E-state index contributed by atoms with van der Waals surface area (Å²) in [6.45, 7) is 0. The van der Waals surface area contributed by atoms with Crippen molar-refractivity contribution in [1.29, 1.82) is 0 Å². The topological polar surface area (TPSA) is 66.8 Å². The van der Waals surface area contributed by atoms with E-state index in [1.165, 1.54) is 24.1 Å². The summed E-state index contributed by atoms with van der Waals surface area (Å²) in [5.74, 6) is -1.74. The number of nitrogens with zero attached hydrogens (tertiary/aromatic N) is 1. The van der Waals surface area contributed by atoms with E-state index in [9.17, 15) is 14.7 Å². The smallest absolute Gasteiger partial charge is 0.300 e. The van der Waals surface area contributed by atoms with E-state index in [1.54, 1.807) is 54.6 Å². The number of ether oxygens (including phenoxy) is 1. The predicted octanol–water partition coefficient (Wildman–Crippen LogP) is 6.28. The summed E-state index contributed by atoms with van der Waals surface area (Å²) in [5, 5.41) is 12.0. The molecule has 3 aromatic rings. The zero-order valence-corrected chi connectivity index (χ0v) is 18.9. The van der Waals surface area contributed by atoms with E-state index >= 15 is 0 Å². The number of carbonyl (C=O) groups is 2. The number of ketones is 1. The van der Waals surface area contributed by atoms with Crippen molar-refractivity contribution in [2.75, 3.05) is 12.0 Å². The number of aliphatic hydroxyl groups excluding tert-OH is 1. The first-order valence-electron chi connectivity index (χ1n) is 9.48. The van der Waals surface area contributed by atoms with Crippen molar-refractivity contribution in [2.24, 2.45) is 0 Å². The van der Waals surface area contributed by atoms with Crippen LogP contribution in [0.15, 0.2) is 72.3 Å². The molecule has 0 aliphatic carbocycles. The first-order valence-corrected chi connectivity index (χ1v) is 10.6. The van der Waals surface area contributed by atoms with Gasteiger partial charge in [-0.3, -0.25) is 14.5 Å². The second-order valence-corrected chi connectivity index (χ2v) is 8.28. The van der Waals surface area contributed by atoms with Gasteiger partial charge < -0.3 is 9.84 Å². The van der Waals surface area contributed by atoms with Crippen molar-refractivity contribution in [1.82, 2.24) is 0 Å². The Kier molecular flexibility index (Phi) is 6.15. The van der Waals surface area contributed by atoms with E-state index in [1.807, 2.05) is 0 Å². The van der Waals surface area contributed by atoms with E-state index in [4.69, 9.17) is 39.5 Å². The Bertz CT molecular complexity index is 1220. The van der Waals surface area contributed by atoms with Crippen LogP contribution < -0.4 is 9.64 Å². The highest BCUT2D eigenvalue weighted by atomic mass is 35.5. The van der Waals surface area contributed by atoms with Gasteiger partial charge >= 0.3 is 0 Å². The maximum absolute atomic E-state index is 13.1. The van der Waals surface area contributed by atoms with E-state index < -0.39 is 23.5 Å². The first-order chi connectivity index (χ1) is 15.3. The Labute approximate surface area is 199 Å². The van der Waals surface area contributed by atoms with Crippen LogP contribution in [-0.4, -0.2) is 23.9 Å². The molecule has 162 valence electrons. The lowest BCUT2D eigenvalue weighted by Gasteiger charge is -2.25. The number of benzene rings is 3. The van der Waals surface area contributed by atoms with Gasteiger partial charge in [-0.05, 0) is 42.0 Å². The van der Waals surface area contributed by atoms with Crippen LogP contribution in [0.5, 0.6) is 5.75 Å². The van der Waals surface area contributed by atoms with Crippen molar-refractivity contribution >= 4 is 57.9 Å². The highest BCUT2D eigenvalue weighted by Gasteiger charge is 2.47. The second-order valence-electron chi connectivity index (χ2n) is 7.03. The molecular formula is C24H16Cl3NO4. The van der Waals surface area contributed by atoms with E-state index in [0.29, 0.717) is 16.3 Å². The molecule has 0 bridgehead atoms. The first kappa shape index (κ1) is 22.2. The number of para-hydroxylation sites is 1. The molecule has 1 amide bonds. The second kappa shape index (κ2) is 8.87. The van der Waals surface area contributed by atoms with Crippen molar-refractivity contribution in [3.63, 3.8) is 0 Å². The summed E-state index contributed by atoms with van der Waals surface area (Å²) < 4.78 is 5.15. The van der Waals surface area contributed by atoms with Gasteiger partial charge in [-0.1, -0.05) is 65.1 Å². The molecule has 1 heterocycles. The average molecular weight is 489 g/mol. The summed E-state index contributed by atoms with van der Waals surface area (Å²) in [5.41, 5.74) is 1.22. The van der Waals surface area contributed by atoms with Crippen LogP contribution in [0.25, 0.3) is 5.76 Å². The molecule has 1 unspecified atom stereocenters. The van der Waals surface area contributed by atoms with Crippen molar-refractivity contribution in [3.05, 3.63) is 98.5 Å². The third-order valence-corrected chi connectivity index (χ3v) is 5.95. The molecule has 0 saturated carbocycles. The fourth-order valence-electron chi connectivity index (χ4n) is 3.70. The van der Waals surface area contributed by atoms with Crippen molar-refractivity contribution < 1.29 is 19.4 Å². The Morgan fingerprint density at radius 3 is 2.09 bits per heavy atom. The highest BCUT2D eigenvalue weighted by Crippen LogP contribution is 2.43. The predicted molar refractivity (Wildman–Crippen MR) is 126 cm³/mol. The van der Waals surface area contributed by atoms with Crippen LogP contribution in [0.1, 0.15) is 17.2 Å². The monoisotopic (exact) mass is 487 g/mol. The van der Waals surface area contributed by atoms with Gasteiger partial charge in [0.25, 0.3) is 11.7 Å². The van der Waals surface area contributed by atoms with Gasteiger partial charge in [-0.25, -0.2) is 0 Å². The number of rotatable bonds is 4. The minimum Gasteiger partial charge on any atom is -0.507 e. The van der Waals surface area contributed by atoms with Crippen LogP contribution in [0.2, 0.25) is 15.1 Å². The Balaban J connectivity index is 1.95. The van der Waals surface area contributed by atoms with Crippen LogP contribution in [-0.2, 0) is 9.59 Å². The fraction of sp³-hybridized carbons (Fsp3) is 0.0833. The quantitative estimate of drug-likeness (QED) is 0.266. The van der Waals surface area contributed by atoms with Gasteiger partial charge in [0, 0.05) is 16.3 Å². The van der Waals surface area contributed by atoms with E-state index in [0.717, 1.165) is 0 Å². The third-order valence-electron chi connectivity index (χ3n) is 5.14. The van der Waals surface area contributed by atoms with Gasteiger partial charge in [0.05, 0.1) is 28.8 Å². The Morgan fingerprint density at radius 2 is 1.53 bits per heavy atom. The molecule has 1 aliphatic heterocycles. The van der Waals surface area contributed by atoms with Gasteiger partial charge in [0.2, 0.25) is 0 Å². The third kappa shape index (κ3) is 3.84. The number of Topliss-reactive ketones (excluding diaryl/α,β-unsaturated/α-hetero) is 1.